The summed E-state index contributed by atoms with van der Waals surface area (Å²) in [6.07, 6.45) is -6.05. The molecule has 260 valence electrons. The molecule has 2 aliphatic heterocycles. The van der Waals surface area contributed by atoms with Gasteiger partial charge in [-0.15, -0.1) is 0 Å². The van der Waals surface area contributed by atoms with E-state index in [0.29, 0.717) is 54.7 Å². The number of fused-ring (bicyclic) bond motifs is 10. The number of benzene rings is 3. The summed E-state index contributed by atoms with van der Waals surface area (Å²) in [6.45, 7) is 2.67. The average Bonchev–Trinajstić information content (AvgIpc) is 3.71. The van der Waals surface area contributed by atoms with Gasteiger partial charge in [0.2, 0.25) is 0 Å². The van der Waals surface area contributed by atoms with Gasteiger partial charge in [-0.1, -0.05) is 12.1 Å². The number of ether oxygens (including phenoxy) is 5. The van der Waals surface area contributed by atoms with Crippen LogP contribution >= 0.6 is 0 Å². The molecular formula is C35H33N3O12. The Hall–Kier alpha value is -5.35. The van der Waals surface area contributed by atoms with Gasteiger partial charge in [0.25, 0.3) is 11.8 Å². The van der Waals surface area contributed by atoms with Crippen molar-refractivity contribution >= 4 is 73.3 Å². The molecule has 50 heavy (non-hydrogen) atoms. The maximum absolute atomic E-state index is 13.7. The molecule has 4 N–H and O–H groups in total. The van der Waals surface area contributed by atoms with E-state index in [2.05, 4.69) is 10.3 Å². The maximum Gasteiger partial charge on any atom is 0.303 e. The standard InChI is InChI=1S/C35H33N3O12/c1-14(41)47-13-23-30(46-4)31(48-15(2)42)32(49-16(3)43)35(50-23)38-22-8-6-18(12-40)10-20(22)25-27-26(33(44)37-34(27)45)24-19-9-17(11-39)5-7-21(19)36-28(24)29(25)38/h5-10,23,30-32,35-36,39-40H,11-13H2,1-4H3,(H,37,44,45)/t23-,30-,31+,32-,35?/m1/s1. The van der Waals surface area contributed by atoms with Crippen molar-refractivity contribution in [1.82, 2.24) is 14.9 Å². The van der Waals surface area contributed by atoms with Crippen LogP contribution in [0.5, 0.6) is 0 Å². The first-order valence-corrected chi connectivity index (χ1v) is 15.8. The number of imide groups is 1. The molecule has 0 spiro atoms. The highest BCUT2D eigenvalue weighted by Gasteiger charge is 2.52. The van der Waals surface area contributed by atoms with Crippen LogP contribution in [0.4, 0.5) is 0 Å². The van der Waals surface area contributed by atoms with Gasteiger partial charge in [-0.2, -0.15) is 0 Å². The van der Waals surface area contributed by atoms with E-state index < -0.39 is 60.4 Å². The summed E-state index contributed by atoms with van der Waals surface area (Å²) in [5.74, 6) is -3.30. The van der Waals surface area contributed by atoms with Crippen LogP contribution in [-0.2, 0) is 51.3 Å². The second kappa shape index (κ2) is 12.5. The zero-order chi connectivity index (χ0) is 35.6. The number of aromatic amines is 1. The van der Waals surface area contributed by atoms with Gasteiger partial charge < -0.3 is 43.4 Å². The second-order valence-corrected chi connectivity index (χ2v) is 12.3. The molecule has 2 aliphatic rings. The Labute approximate surface area is 282 Å². The van der Waals surface area contributed by atoms with E-state index in [1.165, 1.54) is 27.9 Å². The molecule has 15 nitrogen and oxygen atoms in total. The number of carbonyl (C=O) groups excluding carboxylic acids is 5. The molecule has 5 aromatic rings. The minimum atomic E-state index is -1.35. The third-order valence-corrected chi connectivity index (χ3v) is 9.15. The molecule has 3 aromatic carbocycles. The first-order chi connectivity index (χ1) is 24.0. The molecule has 7 rings (SSSR count). The number of aliphatic hydroxyl groups excluding tert-OH is 2. The highest BCUT2D eigenvalue weighted by Crippen LogP contribution is 2.47. The van der Waals surface area contributed by atoms with Gasteiger partial charge in [0, 0.05) is 54.9 Å². The number of aliphatic hydroxyl groups is 2. The van der Waals surface area contributed by atoms with Gasteiger partial charge in [-0.25, -0.2) is 0 Å². The number of rotatable bonds is 8. The highest BCUT2D eigenvalue weighted by molar-refractivity contribution is 6.39. The lowest BCUT2D eigenvalue weighted by atomic mass is 9.95. The van der Waals surface area contributed by atoms with Gasteiger partial charge in [-0.05, 0) is 35.4 Å². The first-order valence-electron chi connectivity index (χ1n) is 15.8. The summed E-state index contributed by atoms with van der Waals surface area (Å²) in [5, 5.41) is 24.3. The summed E-state index contributed by atoms with van der Waals surface area (Å²) in [5.41, 5.74) is 3.09. The van der Waals surface area contributed by atoms with Crippen LogP contribution < -0.4 is 5.32 Å². The Morgan fingerprint density at radius 1 is 0.820 bits per heavy atom. The molecule has 15 heteroatoms. The quantitative estimate of drug-likeness (QED) is 0.106. The van der Waals surface area contributed by atoms with E-state index in [0.717, 1.165) is 0 Å². The van der Waals surface area contributed by atoms with E-state index in [9.17, 15) is 34.2 Å². The molecule has 1 fully saturated rings. The molecule has 1 saturated heterocycles. The fraction of sp³-hybridized carbons (Fsp3) is 0.343. The van der Waals surface area contributed by atoms with Crippen LogP contribution in [0.1, 0.15) is 58.8 Å². The van der Waals surface area contributed by atoms with E-state index in [1.807, 2.05) is 0 Å². The second-order valence-electron chi connectivity index (χ2n) is 12.3. The number of methoxy groups -OCH3 is 1. The zero-order valence-electron chi connectivity index (χ0n) is 27.4. The average molecular weight is 688 g/mol. The van der Waals surface area contributed by atoms with Crippen LogP contribution in [0.25, 0.3) is 43.6 Å². The number of amides is 2. The van der Waals surface area contributed by atoms with Gasteiger partial charge in [-0.3, -0.25) is 29.3 Å². The summed E-state index contributed by atoms with van der Waals surface area (Å²) in [6, 6.07) is 10.2. The van der Waals surface area contributed by atoms with Crippen molar-refractivity contribution in [2.45, 2.75) is 64.6 Å². The fourth-order valence-electron chi connectivity index (χ4n) is 7.29. The Morgan fingerprint density at radius 2 is 1.44 bits per heavy atom. The van der Waals surface area contributed by atoms with Crippen molar-refractivity contribution in [3.63, 3.8) is 0 Å². The molecule has 2 aromatic heterocycles. The molecule has 5 atom stereocenters. The SMILES string of the molecule is CO[C@H]1[C@H](OC(C)=O)[C@@H](OC(C)=O)C(n2c3ccc(CO)cc3c3c4c(c5c6cc(CO)ccc6[nH]c5c32)C(=O)NC4=O)O[C@@H]1COC(C)=O. The van der Waals surface area contributed by atoms with Crippen molar-refractivity contribution in [2.75, 3.05) is 13.7 Å². The topological polar surface area (TPSA) is 205 Å². The molecule has 1 unspecified atom stereocenters. The third kappa shape index (κ3) is 5.17. The van der Waals surface area contributed by atoms with Crippen LogP contribution in [0, 0.1) is 0 Å². The van der Waals surface area contributed by atoms with Crippen molar-refractivity contribution in [3.05, 3.63) is 58.7 Å². The fourth-order valence-corrected chi connectivity index (χ4v) is 7.29. The van der Waals surface area contributed by atoms with Crippen molar-refractivity contribution in [3.8, 4) is 0 Å². The number of hydrogen-bond donors (Lipinski definition) is 4. The predicted octanol–water partition coefficient (Wildman–Crippen LogP) is 2.64. The van der Waals surface area contributed by atoms with Gasteiger partial charge in [0.1, 0.15) is 18.8 Å². The summed E-state index contributed by atoms with van der Waals surface area (Å²) in [7, 11) is 1.35. The van der Waals surface area contributed by atoms with E-state index in [-0.39, 0.29) is 30.9 Å². The van der Waals surface area contributed by atoms with Gasteiger partial charge in [0.05, 0.1) is 40.9 Å². The van der Waals surface area contributed by atoms with Gasteiger partial charge >= 0.3 is 17.9 Å². The van der Waals surface area contributed by atoms with Crippen LogP contribution in [0.3, 0.4) is 0 Å². The Morgan fingerprint density at radius 3 is 2.06 bits per heavy atom. The molecule has 0 saturated carbocycles. The van der Waals surface area contributed by atoms with E-state index in [1.54, 1.807) is 41.0 Å². The number of nitrogens with one attached hydrogen (secondary N) is 2. The highest BCUT2D eigenvalue weighted by atomic mass is 16.6. The predicted molar refractivity (Wildman–Crippen MR) is 175 cm³/mol. The largest absolute Gasteiger partial charge is 0.463 e. The number of hydrogen-bond acceptors (Lipinski definition) is 12. The van der Waals surface area contributed by atoms with E-state index >= 15 is 0 Å². The number of nitrogens with zero attached hydrogens (tertiary/aromatic N) is 1. The first kappa shape index (κ1) is 33.2. The summed E-state index contributed by atoms with van der Waals surface area (Å²) >= 11 is 0. The lowest BCUT2D eigenvalue weighted by Gasteiger charge is -2.45. The number of esters is 3. The Balaban J connectivity index is 1.64. The summed E-state index contributed by atoms with van der Waals surface area (Å²) in [4.78, 5) is 67.8. The normalized spacial score (nSPS) is 21.9. The zero-order valence-corrected chi connectivity index (χ0v) is 27.4. The monoisotopic (exact) mass is 687 g/mol. The molecule has 0 aliphatic carbocycles. The number of H-pyrrole nitrogens is 1. The molecule has 2 amide bonds. The third-order valence-electron chi connectivity index (χ3n) is 9.15. The summed E-state index contributed by atoms with van der Waals surface area (Å²) < 4.78 is 31.0. The smallest absolute Gasteiger partial charge is 0.303 e. The Kier molecular flexibility index (Phi) is 8.30. The molecule has 0 bridgehead atoms. The van der Waals surface area contributed by atoms with Crippen molar-refractivity contribution in [2.24, 2.45) is 0 Å². The minimum absolute atomic E-state index is 0.0780. The van der Waals surface area contributed by atoms with Crippen LogP contribution in [-0.4, -0.2) is 87.6 Å². The Bertz CT molecular complexity index is 2270. The minimum Gasteiger partial charge on any atom is -0.463 e. The van der Waals surface area contributed by atoms with Gasteiger partial charge in [0.15, 0.2) is 18.4 Å². The lowest BCUT2D eigenvalue weighted by molar-refractivity contribution is -0.267. The van der Waals surface area contributed by atoms with Crippen molar-refractivity contribution < 1.29 is 57.9 Å². The maximum atomic E-state index is 13.7. The lowest BCUT2D eigenvalue weighted by Crippen LogP contribution is -2.60. The number of carbonyl (C=O) groups is 5. The van der Waals surface area contributed by atoms with Crippen LogP contribution in [0.2, 0.25) is 0 Å². The van der Waals surface area contributed by atoms with Crippen molar-refractivity contribution in [1.29, 1.82) is 0 Å². The van der Waals surface area contributed by atoms with Crippen LogP contribution in [0.15, 0.2) is 36.4 Å². The molecule has 0 radical (unpaired) electrons. The molecule has 4 heterocycles. The number of aromatic nitrogens is 2. The van der Waals surface area contributed by atoms with E-state index in [4.69, 9.17) is 23.7 Å². The molecular weight excluding hydrogens is 654 g/mol.